The summed E-state index contributed by atoms with van der Waals surface area (Å²) in [5, 5.41) is 22.9. The van der Waals surface area contributed by atoms with Crippen LogP contribution in [0.15, 0.2) is 58.4 Å². The lowest BCUT2D eigenvalue weighted by Crippen LogP contribution is -2.16. The SMILES string of the molecule is COc1cc(C=NNc2nc(-c3ccccc3)c(C#N)c(=O)[nH]2)ccc1O. The number of hydrogen-bond donors (Lipinski definition) is 3. The Morgan fingerprint density at radius 1 is 1.30 bits per heavy atom. The maximum absolute atomic E-state index is 12.2. The molecule has 0 saturated carbocycles. The molecule has 0 bridgehead atoms. The molecule has 0 aliphatic carbocycles. The van der Waals surface area contributed by atoms with Gasteiger partial charge in [0, 0.05) is 5.56 Å². The molecule has 0 aliphatic heterocycles. The number of aromatic hydroxyl groups is 1. The third-order valence-corrected chi connectivity index (χ3v) is 3.67. The number of benzene rings is 2. The van der Waals surface area contributed by atoms with Crippen LogP contribution in [-0.2, 0) is 0 Å². The van der Waals surface area contributed by atoms with Crippen LogP contribution in [0.4, 0.5) is 5.95 Å². The number of nitrogens with zero attached hydrogens (tertiary/aromatic N) is 3. The number of nitrogens with one attached hydrogen (secondary N) is 2. The van der Waals surface area contributed by atoms with Crippen molar-refractivity contribution in [1.29, 1.82) is 5.26 Å². The lowest BCUT2D eigenvalue weighted by Gasteiger charge is -2.06. The minimum Gasteiger partial charge on any atom is -0.504 e. The minimum atomic E-state index is -0.560. The normalized spacial score (nSPS) is 10.5. The maximum atomic E-state index is 12.2. The number of rotatable bonds is 5. The van der Waals surface area contributed by atoms with Gasteiger partial charge in [0.05, 0.1) is 19.0 Å². The Hall–Kier alpha value is -4.12. The van der Waals surface area contributed by atoms with E-state index < -0.39 is 5.56 Å². The largest absolute Gasteiger partial charge is 0.504 e. The third-order valence-electron chi connectivity index (χ3n) is 3.67. The van der Waals surface area contributed by atoms with Crippen molar-refractivity contribution in [2.24, 2.45) is 5.10 Å². The molecule has 8 nitrogen and oxygen atoms in total. The van der Waals surface area contributed by atoms with Gasteiger partial charge in [-0.15, -0.1) is 0 Å². The van der Waals surface area contributed by atoms with Crippen molar-refractivity contribution in [3.8, 4) is 28.8 Å². The average Bonchev–Trinajstić information content (AvgIpc) is 2.69. The molecule has 2 aromatic carbocycles. The number of aromatic amines is 1. The van der Waals surface area contributed by atoms with Crippen LogP contribution in [0.2, 0.25) is 0 Å². The summed E-state index contributed by atoms with van der Waals surface area (Å²) in [4.78, 5) is 18.9. The van der Waals surface area contributed by atoms with E-state index in [2.05, 4.69) is 20.5 Å². The summed E-state index contributed by atoms with van der Waals surface area (Å²) in [5.41, 5.74) is 3.59. The number of aromatic nitrogens is 2. The van der Waals surface area contributed by atoms with Gasteiger partial charge in [0.2, 0.25) is 5.95 Å². The van der Waals surface area contributed by atoms with E-state index in [-0.39, 0.29) is 23.0 Å². The smallest absolute Gasteiger partial charge is 0.270 e. The highest BCUT2D eigenvalue weighted by Crippen LogP contribution is 2.25. The van der Waals surface area contributed by atoms with Gasteiger partial charge in [-0.1, -0.05) is 30.3 Å². The fraction of sp³-hybridized carbons (Fsp3) is 0.0526. The van der Waals surface area contributed by atoms with Crippen LogP contribution < -0.4 is 15.7 Å². The van der Waals surface area contributed by atoms with Crippen LogP contribution in [0.5, 0.6) is 11.5 Å². The van der Waals surface area contributed by atoms with Gasteiger partial charge in [-0.25, -0.2) is 10.4 Å². The summed E-state index contributed by atoms with van der Waals surface area (Å²) < 4.78 is 5.03. The molecule has 0 atom stereocenters. The topological polar surface area (TPSA) is 123 Å². The molecule has 0 aliphatic rings. The average molecular weight is 361 g/mol. The summed E-state index contributed by atoms with van der Waals surface area (Å²) >= 11 is 0. The fourth-order valence-electron chi connectivity index (χ4n) is 2.38. The molecule has 134 valence electrons. The van der Waals surface area contributed by atoms with Gasteiger partial charge in [0.1, 0.15) is 11.6 Å². The van der Waals surface area contributed by atoms with Crippen molar-refractivity contribution in [2.45, 2.75) is 0 Å². The van der Waals surface area contributed by atoms with Crippen molar-refractivity contribution in [3.63, 3.8) is 0 Å². The summed E-state index contributed by atoms with van der Waals surface area (Å²) in [6.45, 7) is 0. The summed E-state index contributed by atoms with van der Waals surface area (Å²) in [6.07, 6.45) is 1.47. The highest BCUT2D eigenvalue weighted by atomic mass is 16.5. The molecule has 0 amide bonds. The van der Waals surface area contributed by atoms with Crippen molar-refractivity contribution in [3.05, 3.63) is 70.0 Å². The number of anilines is 1. The zero-order chi connectivity index (χ0) is 19.2. The molecule has 3 rings (SSSR count). The van der Waals surface area contributed by atoms with E-state index >= 15 is 0 Å². The fourth-order valence-corrected chi connectivity index (χ4v) is 2.38. The lowest BCUT2D eigenvalue weighted by atomic mass is 10.1. The number of phenolic OH excluding ortho intramolecular Hbond substituents is 1. The monoisotopic (exact) mass is 361 g/mol. The Kier molecular flexibility index (Phi) is 5.14. The molecule has 1 heterocycles. The Morgan fingerprint density at radius 3 is 2.78 bits per heavy atom. The van der Waals surface area contributed by atoms with Crippen molar-refractivity contribution in [2.75, 3.05) is 12.5 Å². The first kappa shape index (κ1) is 17.7. The third kappa shape index (κ3) is 3.93. The van der Waals surface area contributed by atoms with Gasteiger partial charge in [-0.05, 0) is 23.8 Å². The van der Waals surface area contributed by atoms with Crippen LogP contribution >= 0.6 is 0 Å². The number of hydrogen-bond acceptors (Lipinski definition) is 7. The molecule has 8 heteroatoms. The molecule has 3 aromatic rings. The summed E-state index contributed by atoms with van der Waals surface area (Å²) in [7, 11) is 1.45. The molecule has 0 radical (unpaired) electrons. The molecular formula is C19H15N5O3. The number of nitriles is 1. The first-order chi connectivity index (χ1) is 13.1. The maximum Gasteiger partial charge on any atom is 0.270 e. The van der Waals surface area contributed by atoms with Crippen LogP contribution in [-0.4, -0.2) is 28.4 Å². The predicted octanol–water partition coefficient (Wildman–Crippen LogP) is 2.47. The Bertz CT molecular complexity index is 1080. The van der Waals surface area contributed by atoms with Crippen molar-refractivity contribution < 1.29 is 9.84 Å². The standard InChI is InChI=1S/C19H15N5O3/c1-27-16-9-12(7-8-15(16)25)11-21-24-19-22-17(13-5-3-2-4-6-13)14(10-20)18(26)23-19/h2-9,11,25H,1H3,(H2,22,23,24,26). The zero-order valence-electron chi connectivity index (χ0n) is 14.3. The molecule has 0 unspecified atom stereocenters. The van der Waals surface area contributed by atoms with E-state index in [4.69, 9.17) is 4.74 Å². The number of ether oxygens (including phenoxy) is 1. The van der Waals surface area contributed by atoms with Gasteiger partial charge >= 0.3 is 0 Å². The Morgan fingerprint density at radius 2 is 2.07 bits per heavy atom. The van der Waals surface area contributed by atoms with Crippen molar-refractivity contribution >= 4 is 12.2 Å². The van der Waals surface area contributed by atoms with Crippen LogP contribution in [0, 0.1) is 11.3 Å². The Labute approximate surface area is 154 Å². The lowest BCUT2D eigenvalue weighted by molar-refractivity contribution is 0.373. The second kappa shape index (κ2) is 7.84. The van der Waals surface area contributed by atoms with E-state index in [1.807, 2.05) is 12.1 Å². The van der Waals surface area contributed by atoms with Gasteiger partial charge in [0.15, 0.2) is 11.5 Å². The van der Waals surface area contributed by atoms with Crippen LogP contribution in [0.25, 0.3) is 11.3 Å². The second-order valence-corrected chi connectivity index (χ2v) is 5.42. The highest BCUT2D eigenvalue weighted by molar-refractivity contribution is 5.81. The molecule has 0 spiro atoms. The molecule has 0 saturated heterocycles. The van der Waals surface area contributed by atoms with Crippen molar-refractivity contribution in [1.82, 2.24) is 9.97 Å². The van der Waals surface area contributed by atoms with Gasteiger partial charge < -0.3 is 9.84 Å². The van der Waals surface area contributed by atoms with E-state index in [1.165, 1.54) is 19.4 Å². The molecule has 3 N–H and O–H groups in total. The van der Waals surface area contributed by atoms with Gasteiger partial charge in [0.25, 0.3) is 5.56 Å². The Balaban J connectivity index is 1.89. The molecule has 0 fully saturated rings. The quantitative estimate of drug-likeness (QED) is 0.474. The number of H-pyrrole nitrogens is 1. The molecule has 27 heavy (non-hydrogen) atoms. The molecular weight excluding hydrogens is 346 g/mol. The molecule has 1 aromatic heterocycles. The zero-order valence-corrected chi connectivity index (χ0v) is 14.3. The number of methoxy groups -OCH3 is 1. The van der Waals surface area contributed by atoms with E-state index in [0.29, 0.717) is 16.9 Å². The van der Waals surface area contributed by atoms with E-state index in [9.17, 15) is 15.2 Å². The summed E-state index contributed by atoms with van der Waals surface area (Å²) in [5.74, 6) is 0.434. The van der Waals surface area contributed by atoms with Gasteiger partial charge in [-0.2, -0.15) is 10.4 Å². The first-order valence-electron chi connectivity index (χ1n) is 7.88. The van der Waals surface area contributed by atoms with Gasteiger partial charge in [-0.3, -0.25) is 9.78 Å². The second-order valence-electron chi connectivity index (χ2n) is 5.42. The minimum absolute atomic E-state index is 0.0215. The first-order valence-corrected chi connectivity index (χ1v) is 7.88. The van der Waals surface area contributed by atoms with E-state index in [1.54, 1.807) is 36.4 Å². The number of phenols is 1. The summed E-state index contributed by atoms with van der Waals surface area (Å²) in [6, 6.07) is 15.6. The van der Waals surface area contributed by atoms with Crippen LogP contribution in [0.3, 0.4) is 0 Å². The van der Waals surface area contributed by atoms with E-state index in [0.717, 1.165) is 0 Å². The predicted molar refractivity (Wildman–Crippen MR) is 101 cm³/mol. The highest BCUT2D eigenvalue weighted by Gasteiger charge is 2.12. The van der Waals surface area contributed by atoms with Crippen LogP contribution in [0.1, 0.15) is 11.1 Å². The number of hydrazone groups is 1.